The summed E-state index contributed by atoms with van der Waals surface area (Å²) in [5, 5.41) is 0. The summed E-state index contributed by atoms with van der Waals surface area (Å²) in [5.74, 6) is -0.845. The largest absolute Gasteiger partial charge is 0.393 e. The Labute approximate surface area is 115 Å². The molecule has 102 valence electrons. The molecule has 0 aliphatic rings. The number of hydrogen-bond donors (Lipinski definition) is 1. The van der Waals surface area contributed by atoms with Crippen molar-refractivity contribution in [3.63, 3.8) is 0 Å². The summed E-state index contributed by atoms with van der Waals surface area (Å²) in [6.45, 7) is 4.47. The maximum Gasteiger partial charge on any atom is 0.161 e. The van der Waals surface area contributed by atoms with Crippen LogP contribution < -0.4 is 5.73 Å². The van der Waals surface area contributed by atoms with Crippen LogP contribution in [0.3, 0.4) is 0 Å². The molecular weight excluding hydrogens is 268 g/mol. The summed E-state index contributed by atoms with van der Waals surface area (Å²) in [7, 11) is 0. The second-order valence-corrected chi connectivity index (χ2v) is 5.27. The topological polar surface area (TPSA) is 43.8 Å². The molecule has 2 N–H and O–H groups in total. The molecule has 0 spiro atoms. The SMILES string of the molecule is CC(C)c1nc2cc(F)c(F)cc2n1CCC(N)=S. The second kappa shape index (κ2) is 5.21. The molecule has 19 heavy (non-hydrogen) atoms. The van der Waals surface area contributed by atoms with Crippen LogP contribution in [0, 0.1) is 11.6 Å². The fraction of sp³-hybridized carbons (Fsp3) is 0.385. The second-order valence-electron chi connectivity index (χ2n) is 4.75. The van der Waals surface area contributed by atoms with E-state index < -0.39 is 11.6 Å². The summed E-state index contributed by atoms with van der Waals surface area (Å²) in [6.07, 6.45) is 0.500. The van der Waals surface area contributed by atoms with E-state index in [4.69, 9.17) is 18.0 Å². The molecule has 2 aromatic rings. The highest BCUT2D eigenvalue weighted by Gasteiger charge is 2.16. The third kappa shape index (κ3) is 2.73. The number of aromatic nitrogens is 2. The number of benzene rings is 1. The molecule has 1 aromatic carbocycles. The molecule has 0 unspecified atom stereocenters. The molecule has 0 fully saturated rings. The van der Waals surface area contributed by atoms with Crippen LogP contribution in [0.1, 0.15) is 32.0 Å². The average Bonchev–Trinajstić information content (AvgIpc) is 2.65. The van der Waals surface area contributed by atoms with E-state index in [0.717, 1.165) is 11.9 Å². The highest BCUT2D eigenvalue weighted by Crippen LogP contribution is 2.24. The lowest BCUT2D eigenvalue weighted by Crippen LogP contribution is -2.14. The fourth-order valence-corrected chi connectivity index (χ4v) is 2.13. The zero-order chi connectivity index (χ0) is 14.2. The molecule has 6 heteroatoms. The molecule has 1 heterocycles. The molecule has 0 saturated heterocycles. The minimum atomic E-state index is -0.887. The van der Waals surface area contributed by atoms with Crippen LogP contribution in [0.2, 0.25) is 0 Å². The smallest absolute Gasteiger partial charge is 0.161 e. The minimum Gasteiger partial charge on any atom is -0.393 e. The summed E-state index contributed by atoms with van der Waals surface area (Å²) < 4.78 is 28.5. The number of nitrogens with two attached hydrogens (primary N) is 1. The van der Waals surface area contributed by atoms with Gasteiger partial charge in [-0.05, 0) is 0 Å². The van der Waals surface area contributed by atoms with E-state index in [9.17, 15) is 8.78 Å². The van der Waals surface area contributed by atoms with Crippen LogP contribution in [0.15, 0.2) is 12.1 Å². The monoisotopic (exact) mass is 283 g/mol. The summed E-state index contributed by atoms with van der Waals surface area (Å²) in [6, 6.07) is 2.29. The standard InChI is InChI=1S/C13H15F2N3S/c1-7(2)13-17-10-5-8(14)9(15)6-11(10)18(13)4-3-12(16)19/h5-7H,3-4H2,1-2H3,(H2,16,19). The molecule has 1 aromatic heterocycles. The van der Waals surface area contributed by atoms with E-state index in [-0.39, 0.29) is 5.92 Å². The van der Waals surface area contributed by atoms with E-state index in [1.807, 2.05) is 18.4 Å². The Morgan fingerprint density at radius 1 is 1.37 bits per heavy atom. The zero-order valence-electron chi connectivity index (χ0n) is 10.8. The maximum atomic E-state index is 13.4. The van der Waals surface area contributed by atoms with Gasteiger partial charge in [0.15, 0.2) is 11.6 Å². The lowest BCUT2D eigenvalue weighted by molar-refractivity contribution is 0.510. The first kappa shape index (κ1) is 13.9. The average molecular weight is 283 g/mol. The molecular formula is C13H15F2N3S. The van der Waals surface area contributed by atoms with Crippen molar-refractivity contribution in [3.8, 4) is 0 Å². The Kier molecular flexibility index (Phi) is 3.80. The highest BCUT2D eigenvalue weighted by molar-refractivity contribution is 7.80. The Hall–Kier alpha value is -1.56. The van der Waals surface area contributed by atoms with Crippen molar-refractivity contribution in [2.75, 3.05) is 0 Å². The summed E-state index contributed by atoms with van der Waals surface area (Å²) in [4.78, 5) is 4.75. The van der Waals surface area contributed by atoms with Gasteiger partial charge in [-0.15, -0.1) is 0 Å². The molecule has 0 aliphatic carbocycles. The van der Waals surface area contributed by atoms with Crippen LogP contribution in [0.4, 0.5) is 8.78 Å². The van der Waals surface area contributed by atoms with Crippen molar-refractivity contribution in [1.29, 1.82) is 0 Å². The zero-order valence-corrected chi connectivity index (χ0v) is 11.6. The van der Waals surface area contributed by atoms with Gasteiger partial charge in [0.1, 0.15) is 5.82 Å². The number of fused-ring (bicyclic) bond motifs is 1. The third-order valence-corrected chi connectivity index (χ3v) is 3.12. The number of imidazole rings is 1. The normalized spacial score (nSPS) is 11.4. The van der Waals surface area contributed by atoms with Crippen molar-refractivity contribution in [3.05, 3.63) is 29.6 Å². The maximum absolute atomic E-state index is 13.4. The van der Waals surface area contributed by atoms with E-state index in [2.05, 4.69) is 4.98 Å². The van der Waals surface area contributed by atoms with Crippen LogP contribution in [0.5, 0.6) is 0 Å². The van der Waals surface area contributed by atoms with Gasteiger partial charge in [0.05, 0.1) is 16.0 Å². The first-order valence-electron chi connectivity index (χ1n) is 6.03. The van der Waals surface area contributed by atoms with E-state index in [1.54, 1.807) is 0 Å². The Morgan fingerprint density at radius 3 is 2.58 bits per heavy atom. The number of aryl methyl sites for hydroxylation is 1. The van der Waals surface area contributed by atoms with Gasteiger partial charge >= 0.3 is 0 Å². The summed E-state index contributed by atoms with van der Waals surface area (Å²) in [5.41, 5.74) is 6.51. The van der Waals surface area contributed by atoms with Gasteiger partial charge in [-0.2, -0.15) is 0 Å². The predicted octanol–water partition coefficient (Wildman–Crippen LogP) is 3.11. The van der Waals surface area contributed by atoms with E-state index >= 15 is 0 Å². The van der Waals surface area contributed by atoms with Gasteiger partial charge in [-0.1, -0.05) is 26.1 Å². The van der Waals surface area contributed by atoms with Gasteiger partial charge in [-0.25, -0.2) is 13.8 Å². The van der Waals surface area contributed by atoms with Crippen molar-refractivity contribution in [2.24, 2.45) is 5.73 Å². The Morgan fingerprint density at radius 2 is 2.00 bits per heavy atom. The van der Waals surface area contributed by atoms with Gasteiger partial charge in [0.25, 0.3) is 0 Å². The van der Waals surface area contributed by atoms with Gasteiger partial charge in [0, 0.05) is 31.0 Å². The number of hydrogen-bond acceptors (Lipinski definition) is 2. The van der Waals surface area contributed by atoms with Gasteiger partial charge < -0.3 is 10.3 Å². The van der Waals surface area contributed by atoms with E-state index in [0.29, 0.717) is 29.0 Å². The van der Waals surface area contributed by atoms with Crippen molar-refractivity contribution < 1.29 is 8.78 Å². The molecule has 2 rings (SSSR count). The number of halogens is 2. The van der Waals surface area contributed by atoms with Crippen molar-refractivity contribution in [1.82, 2.24) is 9.55 Å². The van der Waals surface area contributed by atoms with E-state index in [1.165, 1.54) is 6.07 Å². The third-order valence-electron chi connectivity index (χ3n) is 2.92. The number of thiocarbonyl (C=S) groups is 1. The van der Waals surface area contributed by atoms with Gasteiger partial charge in [0.2, 0.25) is 0 Å². The Bertz CT molecular complexity index is 634. The van der Waals surface area contributed by atoms with Crippen LogP contribution in [-0.2, 0) is 6.54 Å². The lowest BCUT2D eigenvalue weighted by atomic mass is 10.2. The number of rotatable bonds is 4. The molecule has 0 bridgehead atoms. The first-order valence-corrected chi connectivity index (χ1v) is 6.44. The number of nitrogens with zero attached hydrogens (tertiary/aromatic N) is 2. The van der Waals surface area contributed by atoms with Gasteiger partial charge in [-0.3, -0.25) is 0 Å². The predicted molar refractivity (Wildman–Crippen MR) is 75.1 cm³/mol. The molecule has 3 nitrogen and oxygen atoms in total. The van der Waals surface area contributed by atoms with Crippen LogP contribution in [-0.4, -0.2) is 14.5 Å². The Balaban J connectivity index is 2.58. The molecule has 0 radical (unpaired) electrons. The molecule has 0 amide bonds. The first-order chi connectivity index (χ1) is 8.90. The van der Waals surface area contributed by atoms with Crippen LogP contribution in [0.25, 0.3) is 11.0 Å². The van der Waals surface area contributed by atoms with Crippen molar-refractivity contribution >= 4 is 28.2 Å². The fourth-order valence-electron chi connectivity index (χ4n) is 2.04. The summed E-state index contributed by atoms with van der Waals surface area (Å²) >= 11 is 4.86. The lowest BCUT2D eigenvalue weighted by Gasteiger charge is -2.10. The molecule has 0 atom stereocenters. The molecule has 0 saturated carbocycles. The quantitative estimate of drug-likeness (QED) is 0.877. The molecule has 0 aliphatic heterocycles. The minimum absolute atomic E-state index is 0.143. The highest BCUT2D eigenvalue weighted by atomic mass is 32.1. The van der Waals surface area contributed by atoms with Crippen LogP contribution >= 0.6 is 12.2 Å². The van der Waals surface area contributed by atoms with Crippen molar-refractivity contribution in [2.45, 2.75) is 32.7 Å².